The van der Waals surface area contributed by atoms with Crippen LogP contribution in [0, 0.1) is 0 Å². The molecule has 0 heterocycles. The minimum atomic E-state index is -4.39. The topological polar surface area (TPSA) is 77.4 Å². The summed E-state index contributed by atoms with van der Waals surface area (Å²) >= 11 is 0. The van der Waals surface area contributed by atoms with Gasteiger partial charge < -0.3 is 9.66 Å². The van der Waals surface area contributed by atoms with E-state index in [9.17, 15) is 18.1 Å². The van der Waals surface area contributed by atoms with Crippen molar-refractivity contribution in [1.29, 1.82) is 0 Å². The Labute approximate surface area is 160 Å². The average molecular weight is 319 g/mol. The molecule has 0 aromatic carbocycles. The zero-order valence-electron chi connectivity index (χ0n) is 12.6. The fourth-order valence-corrected chi connectivity index (χ4v) is 3.07. The van der Waals surface area contributed by atoms with Gasteiger partial charge in [-0.25, -0.2) is 8.42 Å². The first-order valence-electron chi connectivity index (χ1n) is 7.06. The normalized spacial score (nSPS) is 14.7. The summed E-state index contributed by atoms with van der Waals surface area (Å²) in [6, 6.07) is 0. The van der Waals surface area contributed by atoms with Crippen molar-refractivity contribution in [3.05, 3.63) is 0 Å². The van der Waals surface area contributed by atoms with Crippen LogP contribution in [0.1, 0.15) is 71.6 Å². The Bertz CT molecular complexity index is 293. The standard InChI is InChI=1S/C13H28O4S.K/c1-3-5-7-9-10-12(14)13(18(15,16)17)11-8-6-4-2;/h12-14H,3-11H2,1-2H3,(H,15,16,17);/q;+1/p-1. The van der Waals surface area contributed by atoms with Crippen molar-refractivity contribution in [2.24, 2.45) is 0 Å². The average Bonchev–Trinajstić information content (AvgIpc) is 2.28. The van der Waals surface area contributed by atoms with Crippen molar-refractivity contribution in [3.63, 3.8) is 0 Å². The number of hydrogen-bond acceptors (Lipinski definition) is 4. The molecule has 2 atom stereocenters. The summed E-state index contributed by atoms with van der Waals surface area (Å²) in [6.45, 7) is 4.11. The molecular formula is C13H27KO4S. The van der Waals surface area contributed by atoms with Crippen LogP contribution in [-0.2, 0) is 10.1 Å². The minimum Gasteiger partial charge on any atom is -0.748 e. The van der Waals surface area contributed by atoms with Crippen LogP contribution in [0.3, 0.4) is 0 Å². The molecule has 2 unspecified atom stereocenters. The molecule has 0 fully saturated rings. The number of aliphatic hydroxyl groups excluding tert-OH is 1. The van der Waals surface area contributed by atoms with Gasteiger partial charge in [-0.05, 0) is 12.8 Å². The molecule has 0 aromatic rings. The van der Waals surface area contributed by atoms with Gasteiger partial charge in [-0.1, -0.05) is 58.8 Å². The van der Waals surface area contributed by atoms with E-state index in [1.165, 1.54) is 0 Å². The molecule has 0 radical (unpaired) electrons. The Morgan fingerprint density at radius 2 is 1.42 bits per heavy atom. The summed E-state index contributed by atoms with van der Waals surface area (Å²) in [5.74, 6) is 0. The van der Waals surface area contributed by atoms with Gasteiger partial charge in [0.2, 0.25) is 0 Å². The van der Waals surface area contributed by atoms with Crippen LogP contribution >= 0.6 is 0 Å². The van der Waals surface area contributed by atoms with Gasteiger partial charge in [0, 0.05) is 0 Å². The Hall–Kier alpha value is 1.51. The first-order valence-corrected chi connectivity index (χ1v) is 8.53. The Balaban J connectivity index is 0. The summed E-state index contributed by atoms with van der Waals surface area (Å²) in [6.07, 6.45) is 6.20. The monoisotopic (exact) mass is 318 g/mol. The second kappa shape index (κ2) is 13.2. The smallest absolute Gasteiger partial charge is 0.748 e. The van der Waals surface area contributed by atoms with E-state index in [-0.39, 0.29) is 57.8 Å². The van der Waals surface area contributed by atoms with E-state index in [0.29, 0.717) is 12.8 Å². The van der Waals surface area contributed by atoms with E-state index in [1.54, 1.807) is 0 Å². The van der Waals surface area contributed by atoms with Gasteiger partial charge in [-0.15, -0.1) is 0 Å². The molecule has 19 heavy (non-hydrogen) atoms. The molecule has 0 rings (SSSR count). The van der Waals surface area contributed by atoms with Crippen molar-refractivity contribution < 1.29 is 69.5 Å². The summed E-state index contributed by atoms with van der Waals surface area (Å²) in [7, 11) is -4.39. The maximum absolute atomic E-state index is 11.1. The zero-order chi connectivity index (χ0) is 14.0. The van der Waals surface area contributed by atoms with Crippen LogP contribution in [-0.4, -0.2) is 29.4 Å². The van der Waals surface area contributed by atoms with Crippen LogP contribution in [0.4, 0.5) is 0 Å². The Morgan fingerprint density at radius 3 is 1.89 bits per heavy atom. The third kappa shape index (κ3) is 11.8. The second-order valence-corrected chi connectivity index (χ2v) is 6.53. The molecule has 0 amide bonds. The summed E-state index contributed by atoms with van der Waals surface area (Å²) in [5.41, 5.74) is 0. The van der Waals surface area contributed by atoms with Gasteiger partial charge in [0.05, 0.1) is 11.4 Å². The molecule has 1 N–H and O–H groups in total. The van der Waals surface area contributed by atoms with Crippen molar-refractivity contribution >= 4 is 10.1 Å². The largest absolute Gasteiger partial charge is 1.00 e. The Kier molecular flexibility index (Phi) is 15.8. The molecule has 0 aromatic heterocycles. The van der Waals surface area contributed by atoms with E-state index in [0.717, 1.165) is 38.5 Å². The van der Waals surface area contributed by atoms with Gasteiger partial charge >= 0.3 is 51.4 Å². The van der Waals surface area contributed by atoms with Crippen LogP contribution < -0.4 is 51.4 Å². The third-order valence-corrected chi connectivity index (χ3v) is 4.54. The molecular weight excluding hydrogens is 291 g/mol. The fraction of sp³-hybridized carbons (Fsp3) is 1.00. The molecule has 0 spiro atoms. The fourth-order valence-electron chi connectivity index (χ4n) is 2.09. The Morgan fingerprint density at radius 1 is 0.947 bits per heavy atom. The third-order valence-electron chi connectivity index (χ3n) is 3.25. The quantitative estimate of drug-likeness (QED) is 0.326. The number of unbranched alkanes of at least 4 members (excludes halogenated alkanes) is 5. The van der Waals surface area contributed by atoms with Crippen molar-refractivity contribution in [2.45, 2.75) is 83.0 Å². The maximum atomic E-state index is 11.1. The predicted molar refractivity (Wildman–Crippen MR) is 72.4 cm³/mol. The van der Waals surface area contributed by atoms with E-state index >= 15 is 0 Å². The van der Waals surface area contributed by atoms with Crippen LogP contribution in [0.15, 0.2) is 0 Å². The van der Waals surface area contributed by atoms with Crippen molar-refractivity contribution in [3.8, 4) is 0 Å². The van der Waals surface area contributed by atoms with E-state index in [1.807, 2.05) is 6.92 Å². The molecule has 0 aliphatic carbocycles. The van der Waals surface area contributed by atoms with Crippen LogP contribution in [0.5, 0.6) is 0 Å². The predicted octanol–water partition coefficient (Wildman–Crippen LogP) is -0.184. The van der Waals surface area contributed by atoms with Gasteiger partial charge in [0.25, 0.3) is 0 Å². The summed E-state index contributed by atoms with van der Waals surface area (Å²) in [4.78, 5) is 0. The minimum absolute atomic E-state index is 0. The first kappa shape index (κ1) is 22.8. The molecule has 0 saturated heterocycles. The molecule has 110 valence electrons. The van der Waals surface area contributed by atoms with Gasteiger partial charge in [-0.3, -0.25) is 0 Å². The summed E-state index contributed by atoms with van der Waals surface area (Å²) in [5, 5.41) is 8.74. The molecule has 4 nitrogen and oxygen atoms in total. The number of rotatable bonds is 11. The SMILES string of the molecule is CCCCCCC(O)C(CCCCC)S(=O)(=O)[O-].[K+]. The summed E-state index contributed by atoms with van der Waals surface area (Å²) < 4.78 is 33.4. The first-order chi connectivity index (χ1) is 8.43. The molecule has 0 saturated carbocycles. The number of hydrogen-bond donors (Lipinski definition) is 1. The van der Waals surface area contributed by atoms with Crippen LogP contribution in [0.2, 0.25) is 0 Å². The van der Waals surface area contributed by atoms with E-state index < -0.39 is 21.5 Å². The number of aliphatic hydroxyl groups is 1. The molecule has 0 bridgehead atoms. The molecule has 0 aliphatic rings. The van der Waals surface area contributed by atoms with Gasteiger partial charge in [0.15, 0.2) is 0 Å². The second-order valence-electron chi connectivity index (χ2n) is 4.94. The van der Waals surface area contributed by atoms with E-state index in [2.05, 4.69) is 6.92 Å². The van der Waals surface area contributed by atoms with E-state index in [4.69, 9.17) is 0 Å². The van der Waals surface area contributed by atoms with Crippen molar-refractivity contribution in [1.82, 2.24) is 0 Å². The van der Waals surface area contributed by atoms with Gasteiger partial charge in [0.1, 0.15) is 10.1 Å². The van der Waals surface area contributed by atoms with Crippen molar-refractivity contribution in [2.75, 3.05) is 0 Å². The maximum Gasteiger partial charge on any atom is 1.00 e. The van der Waals surface area contributed by atoms with Crippen LogP contribution in [0.25, 0.3) is 0 Å². The molecule has 0 aliphatic heterocycles. The molecule has 6 heteroatoms. The van der Waals surface area contributed by atoms with Gasteiger partial charge in [-0.2, -0.15) is 0 Å². The zero-order valence-corrected chi connectivity index (χ0v) is 16.5.